The van der Waals surface area contributed by atoms with E-state index in [1.54, 1.807) is 0 Å². The summed E-state index contributed by atoms with van der Waals surface area (Å²) in [7, 11) is 0. The van der Waals surface area contributed by atoms with Gasteiger partial charge in [-0.2, -0.15) is 0 Å². The fourth-order valence-electron chi connectivity index (χ4n) is 2.61. The van der Waals surface area contributed by atoms with Gasteiger partial charge in [-0.25, -0.2) is 0 Å². The van der Waals surface area contributed by atoms with Crippen LogP contribution in [-0.4, -0.2) is 24.6 Å². The van der Waals surface area contributed by atoms with E-state index in [-0.39, 0.29) is 30.9 Å². The molecule has 1 aliphatic rings. The van der Waals surface area contributed by atoms with Gasteiger partial charge in [0.05, 0.1) is 19.4 Å². The highest BCUT2D eigenvalue weighted by Crippen LogP contribution is 2.22. The minimum absolute atomic E-state index is 0.0977. The van der Waals surface area contributed by atoms with Crippen molar-refractivity contribution < 1.29 is 19.1 Å². The summed E-state index contributed by atoms with van der Waals surface area (Å²) < 4.78 is 10.3. The largest absolute Gasteiger partial charge is 0.466 e. The van der Waals surface area contributed by atoms with Crippen LogP contribution in [0.15, 0.2) is 0 Å². The van der Waals surface area contributed by atoms with Crippen LogP contribution in [0.25, 0.3) is 0 Å². The normalized spacial score (nSPS) is 14.3. The lowest BCUT2D eigenvalue weighted by Gasteiger charge is -2.24. The Kier molecular flexibility index (Phi) is 11.6. The number of esters is 2. The van der Waals surface area contributed by atoms with E-state index in [4.69, 9.17) is 9.47 Å². The first kappa shape index (κ1) is 20.0. The van der Waals surface area contributed by atoms with Crippen molar-refractivity contribution in [2.45, 2.75) is 103 Å². The second-order valence-corrected chi connectivity index (χ2v) is 6.59. The zero-order valence-corrected chi connectivity index (χ0v) is 14.8. The van der Waals surface area contributed by atoms with Crippen LogP contribution < -0.4 is 0 Å². The molecule has 4 heteroatoms. The number of unbranched alkanes of at least 4 members (excludes halogenated alkanes) is 8. The molecule has 1 rings (SSSR count). The van der Waals surface area contributed by atoms with Crippen LogP contribution in [0.5, 0.6) is 0 Å². The maximum Gasteiger partial charge on any atom is 0.306 e. The van der Waals surface area contributed by atoms with Gasteiger partial charge in [0.25, 0.3) is 0 Å². The Morgan fingerprint density at radius 1 is 0.826 bits per heavy atom. The van der Waals surface area contributed by atoms with Gasteiger partial charge in [-0.3, -0.25) is 9.59 Å². The van der Waals surface area contributed by atoms with Crippen molar-refractivity contribution >= 4 is 11.9 Å². The van der Waals surface area contributed by atoms with E-state index >= 15 is 0 Å². The molecule has 4 nitrogen and oxygen atoms in total. The number of hydrogen-bond donors (Lipinski definition) is 0. The molecule has 0 heterocycles. The molecule has 0 atom stereocenters. The molecule has 1 aliphatic carbocycles. The van der Waals surface area contributed by atoms with Gasteiger partial charge in [0.2, 0.25) is 0 Å². The second kappa shape index (κ2) is 13.4. The Hall–Kier alpha value is -1.06. The van der Waals surface area contributed by atoms with E-state index in [2.05, 4.69) is 6.92 Å². The molecule has 0 aromatic heterocycles. The molecule has 0 unspecified atom stereocenters. The first-order chi connectivity index (χ1) is 11.2. The Bertz CT molecular complexity index is 323. The zero-order chi connectivity index (χ0) is 16.8. The predicted octanol–water partition coefficient (Wildman–Crippen LogP) is 4.94. The molecule has 1 saturated carbocycles. The van der Waals surface area contributed by atoms with E-state index in [9.17, 15) is 9.59 Å². The summed E-state index contributed by atoms with van der Waals surface area (Å²) >= 11 is 0. The highest BCUT2D eigenvalue weighted by molar-refractivity contribution is 5.77. The molecular formula is C19H34O4. The predicted molar refractivity (Wildman–Crippen MR) is 91.2 cm³/mol. The van der Waals surface area contributed by atoms with Crippen molar-refractivity contribution in [3.63, 3.8) is 0 Å². The molecule has 0 bridgehead atoms. The maximum atomic E-state index is 11.5. The Morgan fingerprint density at radius 3 is 1.96 bits per heavy atom. The van der Waals surface area contributed by atoms with Gasteiger partial charge < -0.3 is 9.47 Å². The van der Waals surface area contributed by atoms with Crippen LogP contribution in [0.1, 0.15) is 96.8 Å². The van der Waals surface area contributed by atoms with Crippen LogP contribution in [0, 0.1) is 0 Å². The molecule has 0 aliphatic heterocycles. The fraction of sp³-hybridized carbons (Fsp3) is 0.895. The van der Waals surface area contributed by atoms with Crippen molar-refractivity contribution in [1.82, 2.24) is 0 Å². The van der Waals surface area contributed by atoms with E-state index in [0.717, 1.165) is 32.1 Å². The quantitative estimate of drug-likeness (QED) is 0.335. The van der Waals surface area contributed by atoms with Crippen molar-refractivity contribution in [3.05, 3.63) is 0 Å². The Labute approximate surface area is 141 Å². The molecule has 1 fully saturated rings. The standard InChI is InChI=1S/C19H34O4/c1-2-3-4-5-6-7-8-9-10-16-22-18(20)14-15-19(21)23-17-12-11-13-17/h17H,2-16H2,1H3. The van der Waals surface area contributed by atoms with Gasteiger partial charge in [0.15, 0.2) is 0 Å². The van der Waals surface area contributed by atoms with Gasteiger partial charge >= 0.3 is 11.9 Å². The monoisotopic (exact) mass is 326 g/mol. The molecule has 0 aromatic carbocycles. The molecule has 0 spiro atoms. The summed E-state index contributed by atoms with van der Waals surface area (Å²) in [6, 6.07) is 0. The van der Waals surface area contributed by atoms with Gasteiger partial charge in [0, 0.05) is 0 Å². The van der Waals surface area contributed by atoms with E-state index in [0.29, 0.717) is 6.61 Å². The van der Waals surface area contributed by atoms with Gasteiger partial charge in [-0.1, -0.05) is 58.3 Å². The van der Waals surface area contributed by atoms with Crippen LogP contribution in [0.2, 0.25) is 0 Å². The summed E-state index contributed by atoms with van der Waals surface area (Å²) in [6.07, 6.45) is 14.7. The topological polar surface area (TPSA) is 52.6 Å². The average Bonchev–Trinajstić information content (AvgIpc) is 2.50. The summed E-state index contributed by atoms with van der Waals surface area (Å²) in [6.45, 7) is 2.71. The van der Waals surface area contributed by atoms with Gasteiger partial charge in [-0.15, -0.1) is 0 Å². The van der Waals surface area contributed by atoms with Crippen LogP contribution >= 0.6 is 0 Å². The summed E-state index contributed by atoms with van der Waals surface area (Å²) in [5.41, 5.74) is 0. The first-order valence-electron chi connectivity index (χ1n) is 9.57. The lowest BCUT2D eigenvalue weighted by Crippen LogP contribution is -2.25. The number of hydrogen-bond acceptors (Lipinski definition) is 4. The summed E-state index contributed by atoms with van der Waals surface area (Å²) in [5, 5.41) is 0. The molecule has 0 radical (unpaired) electrons. The highest BCUT2D eigenvalue weighted by Gasteiger charge is 2.21. The molecule has 23 heavy (non-hydrogen) atoms. The molecule has 0 saturated heterocycles. The van der Waals surface area contributed by atoms with Crippen molar-refractivity contribution in [3.8, 4) is 0 Å². The third-order valence-corrected chi connectivity index (χ3v) is 4.39. The van der Waals surface area contributed by atoms with Crippen molar-refractivity contribution in [2.24, 2.45) is 0 Å². The number of carbonyl (C=O) groups is 2. The third-order valence-electron chi connectivity index (χ3n) is 4.39. The first-order valence-corrected chi connectivity index (χ1v) is 9.57. The lowest BCUT2D eigenvalue weighted by atomic mass is 9.96. The van der Waals surface area contributed by atoms with Gasteiger partial charge in [0.1, 0.15) is 6.10 Å². The lowest BCUT2D eigenvalue weighted by molar-refractivity contribution is -0.156. The Balaban J connectivity index is 1.81. The average molecular weight is 326 g/mol. The van der Waals surface area contributed by atoms with Crippen molar-refractivity contribution in [1.29, 1.82) is 0 Å². The fourth-order valence-corrected chi connectivity index (χ4v) is 2.61. The third kappa shape index (κ3) is 11.2. The zero-order valence-electron chi connectivity index (χ0n) is 14.8. The SMILES string of the molecule is CCCCCCCCCCCOC(=O)CCC(=O)OC1CCC1. The molecule has 0 amide bonds. The molecule has 134 valence electrons. The summed E-state index contributed by atoms with van der Waals surface area (Å²) in [5.74, 6) is -0.551. The molecule has 0 aromatic rings. The van der Waals surface area contributed by atoms with Crippen LogP contribution in [0.3, 0.4) is 0 Å². The van der Waals surface area contributed by atoms with Crippen molar-refractivity contribution in [2.75, 3.05) is 6.61 Å². The number of ether oxygens (including phenoxy) is 2. The summed E-state index contributed by atoms with van der Waals surface area (Å²) in [4.78, 5) is 23.0. The van der Waals surface area contributed by atoms with Crippen LogP contribution in [0.4, 0.5) is 0 Å². The van der Waals surface area contributed by atoms with Gasteiger partial charge in [-0.05, 0) is 25.7 Å². The minimum Gasteiger partial charge on any atom is -0.466 e. The Morgan fingerprint density at radius 2 is 1.39 bits per heavy atom. The van der Waals surface area contributed by atoms with E-state index < -0.39 is 0 Å². The number of rotatable bonds is 14. The smallest absolute Gasteiger partial charge is 0.306 e. The second-order valence-electron chi connectivity index (χ2n) is 6.59. The minimum atomic E-state index is -0.282. The number of carbonyl (C=O) groups excluding carboxylic acids is 2. The molecular weight excluding hydrogens is 292 g/mol. The van der Waals surface area contributed by atoms with Crippen LogP contribution in [-0.2, 0) is 19.1 Å². The van der Waals surface area contributed by atoms with E-state index in [1.165, 1.54) is 44.9 Å². The maximum absolute atomic E-state index is 11.5. The van der Waals surface area contributed by atoms with E-state index in [1.807, 2.05) is 0 Å². The molecule has 0 N–H and O–H groups in total. The highest BCUT2D eigenvalue weighted by atomic mass is 16.5.